The molecule has 0 aliphatic rings. The molecule has 0 heterocycles. The Morgan fingerprint density at radius 2 is 2.05 bits per heavy atom. The number of esters is 1. The first kappa shape index (κ1) is 15.6. The number of halogens is 1. The van der Waals surface area contributed by atoms with E-state index in [4.69, 9.17) is 4.74 Å². The minimum atomic E-state index is -0.604. The van der Waals surface area contributed by atoms with Crippen LogP contribution in [-0.2, 0) is 19.1 Å². The number of hydrogen-bond donors (Lipinski definition) is 2. The molecule has 1 aromatic carbocycles. The zero-order chi connectivity index (χ0) is 15.0. The zero-order valence-electron chi connectivity index (χ0n) is 10.9. The van der Waals surface area contributed by atoms with E-state index in [9.17, 15) is 18.8 Å². The van der Waals surface area contributed by atoms with Crippen LogP contribution in [0.5, 0.6) is 0 Å². The highest BCUT2D eigenvalue weighted by molar-refractivity contribution is 5.92. The Morgan fingerprint density at radius 1 is 1.30 bits per heavy atom. The number of benzene rings is 1. The van der Waals surface area contributed by atoms with Gasteiger partial charge < -0.3 is 15.4 Å². The Hall–Kier alpha value is -2.44. The highest BCUT2D eigenvalue weighted by atomic mass is 19.1. The first-order chi connectivity index (χ1) is 9.47. The minimum Gasteiger partial charge on any atom is -0.456 e. The van der Waals surface area contributed by atoms with Crippen molar-refractivity contribution in [2.24, 2.45) is 0 Å². The molecule has 1 rings (SSSR count). The van der Waals surface area contributed by atoms with Crippen LogP contribution in [0.15, 0.2) is 24.3 Å². The molecule has 7 heteroatoms. The normalized spacial score (nSPS) is 9.70. The molecule has 2 N–H and O–H groups in total. The molecule has 0 aliphatic heterocycles. The van der Waals surface area contributed by atoms with Crippen molar-refractivity contribution in [1.29, 1.82) is 0 Å². The second-order valence-corrected chi connectivity index (χ2v) is 3.95. The number of hydrogen-bond acceptors (Lipinski definition) is 4. The van der Waals surface area contributed by atoms with Gasteiger partial charge in [0.15, 0.2) is 6.61 Å². The zero-order valence-corrected chi connectivity index (χ0v) is 10.9. The molecule has 0 saturated carbocycles. The van der Waals surface area contributed by atoms with Gasteiger partial charge in [0, 0.05) is 19.2 Å². The number of ether oxygens (including phenoxy) is 1. The summed E-state index contributed by atoms with van der Waals surface area (Å²) in [6.07, 6.45) is -0.0210. The molecule has 0 saturated heterocycles. The Morgan fingerprint density at radius 3 is 2.70 bits per heavy atom. The smallest absolute Gasteiger partial charge is 0.308 e. The van der Waals surface area contributed by atoms with Crippen molar-refractivity contribution in [2.45, 2.75) is 13.3 Å². The van der Waals surface area contributed by atoms with E-state index in [-0.39, 0.29) is 24.6 Å². The summed E-state index contributed by atoms with van der Waals surface area (Å²) < 4.78 is 17.6. The average molecular weight is 282 g/mol. The van der Waals surface area contributed by atoms with E-state index in [2.05, 4.69) is 10.6 Å². The third kappa shape index (κ3) is 6.48. The topological polar surface area (TPSA) is 84.5 Å². The quantitative estimate of drug-likeness (QED) is 0.757. The lowest BCUT2D eigenvalue weighted by molar-refractivity contribution is -0.147. The molecule has 0 spiro atoms. The molecule has 0 bridgehead atoms. The molecule has 0 aliphatic carbocycles. The Labute approximate surface area is 115 Å². The largest absolute Gasteiger partial charge is 0.456 e. The SMILES string of the molecule is CC(=O)NCCC(=O)OCC(=O)Nc1cccc(F)c1. The van der Waals surface area contributed by atoms with Gasteiger partial charge in [-0.15, -0.1) is 0 Å². The van der Waals surface area contributed by atoms with E-state index in [1.54, 1.807) is 0 Å². The van der Waals surface area contributed by atoms with Gasteiger partial charge >= 0.3 is 5.97 Å². The number of rotatable bonds is 6. The molecule has 1 aromatic rings. The Balaban J connectivity index is 2.26. The van der Waals surface area contributed by atoms with Crippen LogP contribution in [-0.4, -0.2) is 30.9 Å². The fourth-order valence-corrected chi connectivity index (χ4v) is 1.32. The maximum atomic E-state index is 12.9. The Kier molecular flexibility index (Phi) is 6.15. The van der Waals surface area contributed by atoms with Crippen LogP contribution >= 0.6 is 0 Å². The molecule has 108 valence electrons. The lowest BCUT2D eigenvalue weighted by atomic mass is 10.3. The van der Waals surface area contributed by atoms with E-state index in [0.717, 1.165) is 6.07 Å². The van der Waals surface area contributed by atoms with Crippen molar-refractivity contribution in [1.82, 2.24) is 5.32 Å². The minimum absolute atomic E-state index is 0.0210. The van der Waals surface area contributed by atoms with Crippen molar-refractivity contribution in [2.75, 3.05) is 18.5 Å². The molecule has 0 fully saturated rings. The van der Waals surface area contributed by atoms with Gasteiger partial charge in [-0.25, -0.2) is 4.39 Å². The van der Waals surface area contributed by atoms with Crippen LogP contribution in [0, 0.1) is 5.82 Å². The molecular weight excluding hydrogens is 267 g/mol. The maximum absolute atomic E-state index is 12.9. The highest BCUT2D eigenvalue weighted by Crippen LogP contribution is 2.08. The second kappa shape index (κ2) is 7.88. The van der Waals surface area contributed by atoms with Gasteiger partial charge in [0.1, 0.15) is 5.82 Å². The van der Waals surface area contributed by atoms with Gasteiger partial charge in [-0.3, -0.25) is 14.4 Å². The Bertz CT molecular complexity index is 505. The van der Waals surface area contributed by atoms with Crippen molar-refractivity contribution in [3.05, 3.63) is 30.1 Å². The van der Waals surface area contributed by atoms with Gasteiger partial charge in [-0.2, -0.15) is 0 Å². The molecule has 0 aromatic heterocycles. The average Bonchev–Trinajstić information content (AvgIpc) is 2.36. The van der Waals surface area contributed by atoms with Crippen molar-refractivity contribution in [3.8, 4) is 0 Å². The molecule has 0 atom stereocenters. The van der Waals surface area contributed by atoms with Crippen LogP contribution in [0.2, 0.25) is 0 Å². The molecule has 0 unspecified atom stereocenters. The highest BCUT2D eigenvalue weighted by Gasteiger charge is 2.08. The predicted octanol–water partition coefficient (Wildman–Crippen LogP) is 0.834. The summed E-state index contributed by atoms with van der Waals surface area (Å²) >= 11 is 0. The van der Waals surface area contributed by atoms with Crippen LogP contribution in [0.4, 0.5) is 10.1 Å². The summed E-state index contributed by atoms with van der Waals surface area (Å²) in [5, 5.41) is 4.81. The number of carbonyl (C=O) groups is 3. The number of anilines is 1. The van der Waals surface area contributed by atoms with Gasteiger partial charge in [0.25, 0.3) is 5.91 Å². The van der Waals surface area contributed by atoms with E-state index in [0.29, 0.717) is 0 Å². The fourth-order valence-electron chi connectivity index (χ4n) is 1.32. The lowest BCUT2D eigenvalue weighted by Crippen LogP contribution is -2.25. The summed E-state index contributed by atoms with van der Waals surface area (Å²) in [7, 11) is 0. The van der Waals surface area contributed by atoms with Crippen molar-refractivity contribution in [3.63, 3.8) is 0 Å². The van der Waals surface area contributed by atoms with E-state index in [1.807, 2.05) is 0 Å². The van der Waals surface area contributed by atoms with Gasteiger partial charge in [-0.05, 0) is 18.2 Å². The van der Waals surface area contributed by atoms with E-state index in [1.165, 1.54) is 25.1 Å². The predicted molar refractivity (Wildman–Crippen MR) is 69.3 cm³/mol. The number of carbonyl (C=O) groups excluding carboxylic acids is 3. The summed E-state index contributed by atoms with van der Waals surface area (Å²) in [4.78, 5) is 33.2. The van der Waals surface area contributed by atoms with Crippen LogP contribution in [0.1, 0.15) is 13.3 Å². The summed E-state index contributed by atoms with van der Waals surface area (Å²) in [5.41, 5.74) is 0.282. The fraction of sp³-hybridized carbons (Fsp3) is 0.308. The number of amides is 2. The molecule has 6 nitrogen and oxygen atoms in total. The first-order valence-electron chi connectivity index (χ1n) is 5.93. The van der Waals surface area contributed by atoms with E-state index >= 15 is 0 Å². The molecule has 0 radical (unpaired) electrons. The second-order valence-electron chi connectivity index (χ2n) is 3.95. The van der Waals surface area contributed by atoms with Crippen LogP contribution in [0.3, 0.4) is 0 Å². The third-order valence-corrected chi connectivity index (χ3v) is 2.18. The first-order valence-corrected chi connectivity index (χ1v) is 5.93. The van der Waals surface area contributed by atoms with Crippen molar-refractivity contribution < 1.29 is 23.5 Å². The summed E-state index contributed by atoms with van der Waals surface area (Å²) in [6, 6.07) is 5.36. The molecular formula is C13H15FN2O4. The lowest BCUT2D eigenvalue weighted by Gasteiger charge is -2.07. The summed E-state index contributed by atoms with van der Waals surface area (Å²) in [6.45, 7) is 1.02. The van der Waals surface area contributed by atoms with E-state index < -0.39 is 24.3 Å². The molecule has 20 heavy (non-hydrogen) atoms. The monoisotopic (exact) mass is 282 g/mol. The maximum Gasteiger partial charge on any atom is 0.308 e. The third-order valence-electron chi connectivity index (χ3n) is 2.18. The van der Waals surface area contributed by atoms with Gasteiger partial charge in [-0.1, -0.05) is 6.07 Å². The van der Waals surface area contributed by atoms with Gasteiger partial charge in [0.05, 0.1) is 6.42 Å². The van der Waals surface area contributed by atoms with Gasteiger partial charge in [0.2, 0.25) is 5.91 Å². The standard InChI is InChI=1S/C13H15FN2O4/c1-9(17)15-6-5-13(19)20-8-12(18)16-11-4-2-3-10(14)7-11/h2-4,7H,5-6,8H2,1H3,(H,15,17)(H,16,18). The molecule has 2 amide bonds. The van der Waals surface area contributed by atoms with Crippen molar-refractivity contribution >= 4 is 23.5 Å². The van der Waals surface area contributed by atoms with Crippen LogP contribution in [0.25, 0.3) is 0 Å². The number of nitrogens with one attached hydrogen (secondary N) is 2. The van der Waals surface area contributed by atoms with Crippen LogP contribution < -0.4 is 10.6 Å². The summed E-state index contributed by atoms with van der Waals surface area (Å²) in [5.74, 6) is -1.90.